The molecule has 0 aliphatic carbocycles. The first-order chi connectivity index (χ1) is 13.8. The maximum Gasteiger partial charge on any atom is 0.216 e. The van der Waals surface area contributed by atoms with Crippen LogP contribution in [0.1, 0.15) is 5.56 Å². The number of hydrogen-bond acceptors (Lipinski definition) is 7. The third-order valence-corrected chi connectivity index (χ3v) is 5.15. The zero-order chi connectivity index (χ0) is 19.1. The fourth-order valence-electron chi connectivity index (χ4n) is 3.78. The second-order valence-corrected chi connectivity index (χ2v) is 6.87. The number of anilines is 1. The number of imidazole rings is 1. The van der Waals surface area contributed by atoms with E-state index in [0.29, 0.717) is 13.3 Å². The van der Waals surface area contributed by atoms with Crippen LogP contribution in [0.25, 0.3) is 11.0 Å². The lowest BCUT2D eigenvalue weighted by atomic mass is 10.2. The van der Waals surface area contributed by atoms with Crippen LogP contribution in [0.5, 0.6) is 11.5 Å². The highest BCUT2D eigenvalue weighted by atomic mass is 16.5. The van der Waals surface area contributed by atoms with Crippen molar-refractivity contribution in [3.8, 4) is 11.5 Å². The van der Waals surface area contributed by atoms with Crippen molar-refractivity contribution < 1.29 is 9.47 Å². The molecular weight excluding hydrogens is 356 g/mol. The Morgan fingerprint density at radius 1 is 1.07 bits per heavy atom. The minimum atomic E-state index is 0.588. The molecule has 0 spiro atoms. The molecule has 5 rings (SSSR count). The molecule has 0 bridgehead atoms. The monoisotopic (exact) mass is 378 g/mol. The number of benzene rings is 2. The van der Waals surface area contributed by atoms with E-state index in [0.717, 1.165) is 53.2 Å². The van der Waals surface area contributed by atoms with Crippen molar-refractivity contribution in [2.24, 2.45) is 4.99 Å². The molecule has 0 atom stereocenters. The Bertz CT molecular complexity index is 1060. The lowest BCUT2D eigenvalue weighted by molar-refractivity contribution is 0.246. The summed E-state index contributed by atoms with van der Waals surface area (Å²) in [5, 5.41) is 3.42. The van der Waals surface area contributed by atoms with Crippen LogP contribution in [-0.4, -0.2) is 48.0 Å². The average Bonchev–Trinajstić information content (AvgIpc) is 3.13. The summed E-state index contributed by atoms with van der Waals surface area (Å²) < 4.78 is 12.9. The maximum atomic E-state index is 5.43. The smallest absolute Gasteiger partial charge is 0.216 e. The number of guanidine groups is 1. The molecule has 1 fully saturated rings. The topological polar surface area (TPSA) is 67.2 Å². The molecule has 28 heavy (non-hydrogen) atoms. The van der Waals surface area contributed by atoms with Gasteiger partial charge in [0.1, 0.15) is 6.67 Å². The molecule has 0 amide bonds. The van der Waals surface area contributed by atoms with E-state index in [1.807, 2.05) is 30.3 Å². The summed E-state index contributed by atoms with van der Waals surface area (Å²) in [6, 6.07) is 14.2. The van der Waals surface area contributed by atoms with E-state index in [-0.39, 0.29) is 0 Å². The molecule has 2 aliphatic rings. The Labute approximate surface area is 163 Å². The zero-order valence-corrected chi connectivity index (χ0v) is 15.9. The number of hydrogen-bond donors (Lipinski definition) is 1. The van der Waals surface area contributed by atoms with Gasteiger partial charge in [-0.05, 0) is 29.8 Å². The molecule has 8 heteroatoms. The predicted molar refractivity (Wildman–Crippen MR) is 108 cm³/mol. The van der Waals surface area contributed by atoms with Crippen LogP contribution in [0.15, 0.2) is 47.5 Å². The molecule has 3 heterocycles. The van der Waals surface area contributed by atoms with Gasteiger partial charge in [-0.15, -0.1) is 0 Å². The highest BCUT2D eigenvalue weighted by Crippen LogP contribution is 2.29. The second kappa shape index (κ2) is 6.72. The molecule has 8 nitrogen and oxygen atoms in total. The number of fused-ring (bicyclic) bond motifs is 5. The van der Waals surface area contributed by atoms with Crippen molar-refractivity contribution in [3.63, 3.8) is 0 Å². The molecule has 1 saturated heterocycles. The molecule has 2 aliphatic heterocycles. The Balaban J connectivity index is 1.40. The molecule has 0 radical (unpaired) electrons. The van der Waals surface area contributed by atoms with E-state index < -0.39 is 0 Å². The van der Waals surface area contributed by atoms with Crippen molar-refractivity contribution in [1.29, 1.82) is 0 Å². The predicted octanol–water partition coefficient (Wildman–Crippen LogP) is 2.21. The summed E-state index contributed by atoms with van der Waals surface area (Å²) in [6.45, 7) is 2.80. The van der Waals surface area contributed by atoms with Crippen LogP contribution in [0, 0.1) is 0 Å². The summed E-state index contributed by atoms with van der Waals surface area (Å²) >= 11 is 0. The first-order valence-electron chi connectivity index (χ1n) is 9.21. The van der Waals surface area contributed by atoms with Gasteiger partial charge in [-0.2, -0.15) is 0 Å². The Morgan fingerprint density at radius 3 is 2.79 bits per heavy atom. The molecule has 0 saturated carbocycles. The van der Waals surface area contributed by atoms with Crippen LogP contribution in [0.3, 0.4) is 0 Å². The lowest BCUT2D eigenvalue weighted by Crippen LogP contribution is -2.58. The summed E-state index contributed by atoms with van der Waals surface area (Å²) in [5.74, 6) is 3.29. The third-order valence-electron chi connectivity index (χ3n) is 5.15. The number of methoxy groups -OCH3 is 2. The minimum Gasteiger partial charge on any atom is -0.493 e. The lowest BCUT2D eigenvalue weighted by Gasteiger charge is -2.39. The van der Waals surface area contributed by atoms with Crippen molar-refractivity contribution >= 4 is 22.9 Å². The summed E-state index contributed by atoms with van der Waals surface area (Å²) in [7, 11) is 3.31. The van der Waals surface area contributed by atoms with E-state index >= 15 is 0 Å². The fraction of sp³-hybridized carbons (Fsp3) is 0.300. The van der Waals surface area contributed by atoms with E-state index in [2.05, 4.69) is 31.8 Å². The maximum absolute atomic E-state index is 5.43. The number of nitrogens with zero attached hydrogens (tertiary/aromatic N) is 5. The first kappa shape index (κ1) is 16.9. The van der Waals surface area contributed by atoms with Gasteiger partial charge in [0, 0.05) is 6.54 Å². The Morgan fingerprint density at radius 2 is 1.93 bits per heavy atom. The number of aliphatic imine (C=N–C) groups is 1. The first-order valence-corrected chi connectivity index (χ1v) is 9.21. The van der Waals surface area contributed by atoms with E-state index in [4.69, 9.17) is 19.5 Å². The van der Waals surface area contributed by atoms with Crippen molar-refractivity contribution in [1.82, 2.24) is 19.8 Å². The van der Waals surface area contributed by atoms with Crippen molar-refractivity contribution in [2.45, 2.75) is 13.2 Å². The number of aromatic nitrogens is 2. The highest BCUT2D eigenvalue weighted by Gasteiger charge is 2.30. The van der Waals surface area contributed by atoms with Crippen LogP contribution >= 0.6 is 0 Å². The SMILES string of the molecule is COc1ccc(CN2CNC3=NCn4c(nc5ccccc54)N3C2)cc1OC. The minimum absolute atomic E-state index is 0.588. The van der Waals surface area contributed by atoms with Gasteiger partial charge < -0.3 is 14.8 Å². The molecule has 0 unspecified atom stereocenters. The Kier molecular flexibility index (Phi) is 4.05. The van der Waals surface area contributed by atoms with E-state index in [1.54, 1.807) is 14.2 Å². The zero-order valence-electron chi connectivity index (χ0n) is 15.9. The quantitative estimate of drug-likeness (QED) is 0.751. The number of nitrogens with one attached hydrogen (secondary N) is 1. The normalized spacial score (nSPS) is 16.2. The van der Waals surface area contributed by atoms with Crippen LogP contribution in [0.2, 0.25) is 0 Å². The third kappa shape index (κ3) is 2.73. The van der Waals surface area contributed by atoms with E-state index in [1.165, 1.54) is 0 Å². The average molecular weight is 378 g/mol. The van der Waals surface area contributed by atoms with Gasteiger partial charge in [0.15, 0.2) is 11.5 Å². The molecule has 1 aromatic heterocycles. The molecule has 144 valence electrons. The fourth-order valence-corrected chi connectivity index (χ4v) is 3.78. The standard InChI is InChI=1S/C20H22N6O2/c1-27-17-8-7-14(9-18(17)28-2)10-24-11-21-19-22-12-25-16-6-4-3-5-15(16)23-20(25)26(19)13-24/h3-9H,10-13H2,1-2H3,(H,21,22). The number of para-hydroxylation sites is 2. The van der Waals surface area contributed by atoms with Crippen molar-refractivity contribution in [2.75, 3.05) is 32.5 Å². The van der Waals surface area contributed by atoms with Gasteiger partial charge in [0.25, 0.3) is 0 Å². The largest absolute Gasteiger partial charge is 0.493 e. The van der Waals surface area contributed by atoms with Crippen molar-refractivity contribution in [3.05, 3.63) is 48.0 Å². The van der Waals surface area contributed by atoms with E-state index in [9.17, 15) is 0 Å². The second-order valence-electron chi connectivity index (χ2n) is 6.87. The van der Waals surface area contributed by atoms with Crippen LogP contribution in [-0.2, 0) is 13.2 Å². The van der Waals surface area contributed by atoms with Gasteiger partial charge in [0.05, 0.1) is 38.6 Å². The molecule has 1 N–H and O–H groups in total. The summed E-state index contributed by atoms with van der Waals surface area (Å²) in [5.41, 5.74) is 3.26. The van der Waals surface area contributed by atoms with Crippen LogP contribution < -0.4 is 19.7 Å². The van der Waals surface area contributed by atoms with Gasteiger partial charge in [0.2, 0.25) is 11.9 Å². The molecule has 2 aromatic carbocycles. The number of rotatable bonds is 4. The Hall–Kier alpha value is -3.26. The molecule has 3 aromatic rings. The van der Waals surface area contributed by atoms with Gasteiger partial charge >= 0.3 is 0 Å². The number of ether oxygens (including phenoxy) is 2. The summed E-state index contributed by atoms with van der Waals surface area (Å²) in [4.78, 5) is 14.0. The summed E-state index contributed by atoms with van der Waals surface area (Å²) in [6.07, 6.45) is 0. The van der Waals surface area contributed by atoms with Gasteiger partial charge in [-0.1, -0.05) is 18.2 Å². The van der Waals surface area contributed by atoms with Gasteiger partial charge in [-0.3, -0.25) is 14.4 Å². The highest BCUT2D eigenvalue weighted by molar-refractivity contribution is 5.97. The molecular formula is C20H22N6O2. The van der Waals surface area contributed by atoms with Crippen LogP contribution in [0.4, 0.5) is 5.95 Å². The van der Waals surface area contributed by atoms with Gasteiger partial charge in [-0.25, -0.2) is 9.98 Å².